The third-order valence-corrected chi connectivity index (χ3v) is 3.39. The SMILES string of the molecule is O=C(NC1CCCCC1)O/N=C\c1ccc(Cl)cc1. The minimum absolute atomic E-state index is 0.229. The van der Waals surface area contributed by atoms with E-state index in [9.17, 15) is 4.79 Å². The van der Waals surface area contributed by atoms with Gasteiger partial charge < -0.3 is 5.32 Å². The Labute approximate surface area is 117 Å². The number of rotatable bonds is 3. The zero-order chi connectivity index (χ0) is 13.5. The Hall–Kier alpha value is -1.55. The molecule has 1 N–H and O–H groups in total. The van der Waals surface area contributed by atoms with Crippen molar-refractivity contribution in [2.75, 3.05) is 0 Å². The molecule has 2 rings (SSSR count). The second-order valence-corrected chi connectivity index (χ2v) is 5.08. The molecule has 102 valence electrons. The van der Waals surface area contributed by atoms with Gasteiger partial charge in [-0.25, -0.2) is 4.79 Å². The van der Waals surface area contributed by atoms with Crippen molar-refractivity contribution in [1.29, 1.82) is 0 Å². The number of benzene rings is 1. The van der Waals surface area contributed by atoms with Crippen molar-refractivity contribution in [2.45, 2.75) is 38.1 Å². The van der Waals surface area contributed by atoms with E-state index in [-0.39, 0.29) is 6.04 Å². The van der Waals surface area contributed by atoms with E-state index < -0.39 is 6.09 Å². The van der Waals surface area contributed by atoms with Crippen LogP contribution < -0.4 is 5.32 Å². The Kier molecular flexibility index (Phi) is 5.21. The second kappa shape index (κ2) is 7.14. The van der Waals surface area contributed by atoms with Crippen LogP contribution in [0.25, 0.3) is 0 Å². The highest BCUT2D eigenvalue weighted by molar-refractivity contribution is 6.30. The summed E-state index contributed by atoms with van der Waals surface area (Å²) in [6, 6.07) is 7.34. The normalized spacial score (nSPS) is 16.5. The van der Waals surface area contributed by atoms with E-state index in [0.29, 0.717) is 5.02 Å². The van der Waals surface area contributed by atoms with Crippen LogP contribution in [0.15, 0.2) is 29.4 Å². The van der Waals surface area contributed by atoms with Gasteiger partial charge in [-0.1, -0.05) is 48.2 Å². The smallest absolute Gasteiger partial charge is 0.317 e. The van der Waals surface area contributed by atoms with Crippen LogP contribution in [0.3, 0.4) is 0 Å². The molecule has 0 bridgehead atoms. The summed E-state index contributed by atoms with van der Waals surface area (Å²) in [6.45, 7) is 0. The van der Waals surface area contributed by atoms with Gasteiger partial charge in [-0.15, -0.1) is 0 Å². The highest BCUT2D eigenvalue weighted by Crippen LogP contribution is 2.17. The largest absolute Gasteiger partial charge is 0.433 e. The van der Waals surface area contributed by atoms with Gasteiger partial charge in [0.25, 0.3) is 0 Å². The monoisotopic (exact) mass is 280 g/mol. The van der Waals surface area contributed by atoms with Crippen molar-refractivity contribution in [3.8, 4) is 0 Å². The molecule has 0 unspecified atom stereocenters. The maximum absolute atomic E-state index is 11.5. The van der Waals surface area contributed by atoms with E-state index >= 15 is 0 Å². The highest BCUT2D eigenvalue weighted by atomic mass is 35.5. The molecule has 19 heavy (non-hydrogen) atoms. The van der Waals surface area contributed by atoms with Gasteiger partial charge in [0, 0.05) is 11.1 Å². The van der Waals surface area contributed by atoms with Crippen molar-refractivity contribution < 1.29 is 9.63 Å². The zero-order valence-electron chi connectivity index (χ0n) is 10.6. The van der Waals surface area contributed by atoms with E-state index in [1.54, 1.807) is 24.3 Å². The molecule has 0 heterocycles. The number of carbonyl (C=O) groups is 1. The summed E-state index contributed by atoms with van der Waals surface area (Å²) in [7, 11) is 0. The number of hydrogen-bond acceptors (Lipinski definition) is 3. The standard InChI is InChI=1S/C14H17ClN2O2/c15-12-8-6-11(7-9-12)10-16-19-14(18)17-13-4-2-1-3-5-13/h6-10,13H,1-5H2,(H,17,18)/b16-10-. The molecular formula is C14H17ClN2O2. The molecule has 1 aromatic rings. The number of amides is 1. The van der Waals surface area contributed by atoms with Crippen LogP contribution in [0.5, 0.6) is 0 Å². The summed E-state index contributed by atoms with van der Waals surface area (Å²) in [5.74, 6) is 0. The van der Waals surface area contributed by atoms with Crippen LogP contribution in [0.1, 0.15) is 37.7 Å². The molecule has 1 aromatic carbocycles. The molecule has 1 fully saturated rings. The molecule has 0 spiro atoms. The molecular weight excluding hydrogens is 264 g/mol. The fourth-order valence-electron chi connectivity index (χ4n) is 2.12. The highest BCUT2D eigenvalue weighted by Gasteiger charge is 2.16. The van der Waals surface area contributed by atoms with Crippen molar-refractivity contribution in [2.24, 2.45) is 5.16 Å². The molecule has 0 radical (unpaired) electrons. The molecule has 0 aromatic heterocycles. The maximum atomic E-state index is 11.5. The summed E-state index contributed by atoms with van der Waals surface area (Å²) in [5.41, 5.74) is 0.829. The molecule has 4 nitrogen and oxygen atoms in total. The number of hydrogen-bond donors (Lipinski definition) is 1. The molecule has 1 aliphatic carbocycles. The lowest BCUT2D eigenvalue weighted by Crippen LogP contribution is -2.35. The van der Waals surface area contributed by atoms with Crippen LogP contribution in [0.4, 0.5) is 4.79 Å². The van der Waals surface area contributed by atoms with E-state index in [1.807, 2.05) is 0 Å². The molecule has 1 amide bonds. The van der Waals surface area contributed by atoms with Gasteiger partial charge >= 0.3 is 6.09 Å². The van der Waals surface area contributed by atoms with Gasteiger partial charge in [0.1, 0.15) is 0 Å². The minimum Gasteiger partial charge on any atom is -0.317 e. The predicted molar refractivity (Wildman–Crippen MR) is 75.5 cm³/mol. The summed E-state index contributed by atoms with van der Waals surface area (Å²) < 4.78 is 0. The van der Waals surface area contributed by atoms with Gasteiger partial charge in [0.05, 0.1) is 6.21 Å². The molecule has 0 aliphatic heterocycles. The lowest BCUT2D eigenvalue weighted by atomic mass is 9.96. The van der Waals surface area contributed by atoms with Gasteiger partial charge in [-0.2, -0.15) is 0 Å². The fraction of sp³-hybridized carbons (Fsp3) is 0.429. The first-order valence-corrected chi connectivity index (χ1v) is 6.88. The van der Waals surface area contributed by atoms with Crippen molar-refractivity contribution in [1.82, 2.24) is 5.32 Å². The Bertz CT molecular complexity index is 439. The third kappa shape index (κ3) is 4.91. The summed E-state index contributed by atoms with van der Waals surface area (Å²) in [6.07, 6.45) is 6.63. The van der Waals surface area contributed by atoms with Crippen molar-refractivity contribution in [3.63, 3.8) is 0 Å². The van der Waals surface area contributed by atoms with Gasteiger partial charge in [0.15, 0.2) is 0 Å². The molecule has 5 heteroatoms. The van der Waals surface area contributed by atoms with E-state index in [1.165, 1.54) is 25.5 Å². The summed E-state index contributed by atoms with van der Waals surface area (Å²) in [5, 5.41) is 7.14. The van der Waals surface area contributed by atoms with Crippen molar-refractivity contribution >= 4 is 23.9 Å². The molecule has 0 saturated heterocycles. The van der Waals surface area contributed by atoms with Crippen LogP contribution >= 0.6 is 11.6 Å². The minimum atomic E-state index is -0.489. The first kappa shape index (κ1) is 13.9. The Morgan fingerprint density at radius 2 is 1.95 bits per heavy atom. The first-order valence-electron chi connectivity index (χ1n) is 6.50. The fourth-order valence-corrected chi connectivity index (χ4v) is 2.25. The zero-order valence-corrected chi connectivity index (χ0v) is 11.4. The first-order chi connectivity index (χ1) is 9.24. The molecule has 1 aliphatic rings. The Morgan fingerprint density at radius 3 is 2.63 bits per heavy atom. The van der Waals surface area contributed by atoms with E-state index in [2.05, 4.69) is 10.5 Å². The van der Waals surface area contributed by atoms with Crippen molar-refractivity contribution in [3.05, 3.63) is 34.9 Å². The van der Waals surface area contributed by atoms with Gasteiger partial charge in [-0.05, 0) is 30.5 Å². The van der Waals surface area contributed by atoms with Crippen LogP contribution in [0, 0.1) is 0 Å². The molecule has 1 saturated carbocycles. The topological polar surface area (TPSA) is 50.7 Å². The quantitative estimate of drug-likeness (QED) is 0.521. The van der Waals surface area contributed by atoms with Gasteiger partial charge in [-0.3, -0.25) is 4.84 Å². The third-order valence-electron chi connectivity index (χ3n) is 3.13. The average molecular weight is 281 g/mol. The summed E-state index contributed by atoms with van der Waals surface area (Å²) in [4.78, 5) is 16.3. The number of nitrogens with one attached hydrogen (secondary N) is 1. The number of halogens is 1. The van der Waals surface area contributed by atoms with Crippen LogP contribution in [0.2, 0.25) is 5.02 Å². The van der Waals surface area contributed by atoms with E-state index in [4.69, 9.17) is 16.4 Å². The number of oxime groups is 1. The van der Waals surface area contributed by atoms with E-state index in [0.717, 1.165) is 18.4 Å². The second-order valence-electron chi connectivity index (χ2n) is 4.64. The van der Waals surface area contributed by atoms with Crippen LogP contribution in [-0.2, 0) is 4.84 Å². The average Bonchev–Trinajstić information content (AvgIpc) is 2.42. The predicted octanol–water partition coefficient (Wildman–Crippen LogP) is 3.73. The lowest BCUT2D eigenvalue weighted by Gasteiger charge is -2.21. The summed E-state index contributed by atoms with van der Waals surface area (Å²) >= 11 is 5.76. The Morgan fingerprint density at radius 1 is 1.26 bits per heavy atom. The number of carbonyl (C=O) groups excluding carboxylic acids is 1. The Balaban J connectivity index is 1.74. The number of nitrogens with zero attached hydrogens (tertiary/aromatic N) is 1. The van der Waals surface area contributed by atoms with Gasteiger partial charge in [0.2, 0.25) is 0 Å². The molecule has 0 atom stereocenters. The lowest BCUT2D eigenvalue weighted by molar-refractivity contribution is 0.144. The maximum Gasteiger partial charge on any atom is 0.433 e. The van der Waals surface area contributed by atoms with Crippen LogP contribution in [-0.4, -0.2) is 18.3 Å².